The number of thiocarbonyl (C=S) groups is 1. The molecule has 0 atom stereocenters. The minimum Gasteiger partial charge on any atom is -0.362 e. The Bertz CT molecular complexity index is 545. The lowest BCUT2D eigenvalue weighted by Crippen LogP contribution is -2.53. The molecule has 1 aliphatic heterocycles. The molecule has 1 fully saturated rings. The van der Waals surface area contributed by atoms with Crippen LogP contribution >= 0.6 is 24.0 Å². The predicted octanol–water partition coefficient (Wildman–Crippen LogP) is 1.80. The van der Waals surface area contributed by atoms with Crippen molar-refractivity contribution >= 4 is 35.0 Å². The number of benzene rings is 1. The van der Waals surface area contributed by atoms with Gasteiger partial charge in [-0.2, -0.15) is 0 Å². The molecular formula is C18H28N4OS2. The zero-order valence-electron chi connectivity index (χ0n) is 15.0. The van der Waals surface area contributed by atoms with Crippen LogP contribution in [0.25, 0.3) is 0 Å². The van der Waals surface area contributed by atoms with Crippen LogP contribution < -0.4 is 10.6 Å². The first-order chi connectivity index (χ1) is 12.0. The van der Waals surface area contributed by atoms with Gasteiger partial charge in [0.15, 0.2) is 5.11 Å². The zero-order chi connectivity index (χ0) is 18.1. The van der Waals surface area contributed by atoms with Gasteiger partial charge in [-0.1, -0.05) is 18.2 Å². The van der Waals surface area contributed by atoms with E-state index in [2.05, 4.69) is 44.7 Å². The fourth-order valence-electron chi connectivity index (χ4n) is 2.64. The maximum atomic E-state index is 11.8. The summed E-state index contributed by atoms with van der Waals surface area (Å²) in [6, 6.07) is 10.6. The third-order valence-corrected chi connectivity index (χ3v) is 5.28. The molecule has 1 amide bonds. The number of thioether (sulfide) groups is 1. The highest BCUT2D eigenvalue weighted by atomic mass is 32.2. The number of hydrogen-bond donors (Lipinski definition) is 2. The van der Waals surface area contributed by atoms with Gasteiger partial charge >= 0.3 is 0 Å². The van der Waals surface area contributed by atoms with Gasteiger partial charge in [0, 0.05) is 49.4 Å². The Morgan fingerprint density at radius 1 is 1.20 bits per heavy atom. The third kappa shape index (κ3) is 7.63. The van der Waals surface area contributed by atoms with Gasteiger partial charge in [-0.3, -0.25) is 9.69 Å². The number of nitrogens with one attached hydrogen (secondary N) is 2. The SMILES string of the molecule is CC(C)NC(=O)CN1CCN(C(=S)NCCSc2ccccc2)CC1. The summed E-state index contributed by atoms with van der Waals surface area (Å²) >= 11 is 7.32. The molecule has 1 heterocycles. The van der Waals surface area contributed by atoms with Gasteiger partial charge in [0.1, 0.15) is 0 Å². The van der Waals surface area contributed by atoms with E-state index in [0.717, 1.165) is 43.6 Å². The van der Waals surface area contributed by atoms with E-state index < -0.39 is 0 Å². The number of nitrogens with zero attached hydrogens (tertiary/aromatic N) is 2. The van der Waals surface area contributed by atoms with Crippen LogP contribution in [0.5, 0.6) is 0 Å². The van der Waals surface area contributed by atoms with Gasteiger partial charge in [-0.25, -0.2) is 0 Å². The van der Waals surface area contributed by atoms with Crippen LogP contribution in [0.2, 0.25) is 0 Å². The summed E-state index contributed by atoms with van der Waals surface area (Å²) in [4.78, 5) is 17.5. The van der Waals surface area contributed by atoms with Gasteiger partial charge in [-0.15, -0.1) is 11.8 Å². The van der Waals surface area contributed by atoms with Crippen molar-refractivity contribution in [3.8, 4) is 0 Å². The highest BCUT2D eigenvalue weighted by molar-refractivity contribution is 7.99. The minimum absolute atomic E-state index is 0.0992. The Morgan fingerprint density at radius 3 is 2.52 bits per heavy atom. The van der Waals surface area contributed by atoms with E-state index in [1.807, 2.05) is 31.7 Å². The molecule has 1 aromatic carbocycles. The van der Waals surface area contributed by atoms with Crippen LogP contribution in [0.1, 0.15) is 13.8 Å². The molecule has 2 N–H and O–H groups in total. The van der Waals surface area contributed by atoms with E-state index in [-0.39, 0.29) is 11.9 Å². The van der Waals surface area contributed by atoms with Crippen LogP contribution in [-0.2, 0) is 4.79 Å². The molecule has 1 aromatic rings. The van der Waals surface area contributed by atoms with E-state index in [0.29, 0.717) is 6.54 Å². The second kappa shape index (κ2) is 10.6. The first-order valence-electron chi connectivity index (χ1n) is 8.77. The Balaban J connectivity index is 1.60. The Kier molecular flexibility index (Phi) is 8.51. The summed E-state index contributed by atoms with van der Waals surface area (Å²) < 4.78 is 0. The lowest BCUT2D eigenvalue weighted by atomic mass is 10.3. The maximum absolute atomic E-state index is 11.8. The van der Waals surface area contributed by atoms with Crippen molar-refractivity contribution in [2.75, 3.05) is 45.0 Å². The molecule has 7 heteroatoms. The van der Waals surface area contributed by atoms with Crippen molar-refractivity contribution in [3.05, 3.63) is 30.3 Å². The molecule has 25 heavy (non-hydrogen) atoms. The maximum Gasteiger partial charge on any atom is 0.234 e. The number of amides is 1. The van der Waals surface area contributed by atoms with E-state index >= 15 is 0 Å². The summed E-state index contributed by atoms with van der Waals surface area (Å²) in [5.41, 5.74) is 0. The smallest absolute Gasteiger partial charge is 0.234 e. The van der Waals surface area contributed by atoms with Crippen molar-refractivity contribution in [1.82, 2.24) is 20.4 Å². The molecule has 1 saturated heterocycles. The van der Waals surface area contributed by atoms with Gasteiger partial charge < -0.3 is 15.5 Å². The molecule has 1 aliphatic rings. The molecule has 138 valence electrons. The fraction of sp³-hybridized carbons (Fsp3) is 0.556. The Hall–Kier alpha value is -1.31. The summed E-state index contributed by atoms with van der Waals surface area (Å²) in [5, 5.41) is 7.10. The predicted molar refractivity (Wildman–Crippen MR) is 109 cm³/mol. The largest absolute Gasteiger partial charge is 0.362 e. The molecule has 0 aromatic heterocycles. The number of carbonyl (C=O) groups is 1. The summed E-state index contributed by atoms with van der Waals surface area (Å²) in [7, 11) is 0. The normalized spacial score (nSPS) is 15.2. The summed E-state index contributed by atoms with van der Waals surface area (Å²) in [6.45, 7) is 8.76. The van der Waals surface area contributed by atoms with Crippen LogP contribution in [0.15, 0.2) is 35.2 Å². The van der Waals surface area contributed by atoms with E-state index in [1.165, 1.54) is 4.90 Å². The van der Waals surface area contributed by atoms with Crippen molar-refractivity contribution in [3.63, 3.8) is 0 Å². The molecule has 0 radical (unpaired) electrons. The molecule has 0 unspecified atom stereocenters. The van der Waals surface area contributed by atoms with Crippen molar-refractivity contribution < 1.29 is 4.79 Å². The van der Waals surface area contributed by atoms with Gasteiger partial charge in [0.05, 0.1) is 6.54 Å². The van der Waals surface area contributed by atoms with Gasteiger partial charge in [0.25, 0.3) is 0 Å². The van der Waals surface area contributed by atoms with Crippen LogP contribution in [-0.4, -0.2) is 71.9 Å². The molecular weight excluding hydrogens is 352 g/mol. The van der Waals surface area contributed by atoms with Crippen molar-refractivity contribution in [2.45, 2.75) is 24.8 Å². The molecule has 0 saturated carbocycles. The highest BCUT2D eigenvalue weighted by Crippen LogP contribution is 2.15. The van der Waals surface area contributed by atoms with Crippen molar-refractivity contribution in [2.24, 2.45) is 0 Å². The minimum atomic E-state index is 0.0992. The molecule has 2 rings (SSSR count). The number of piperazine rings is 1. The topological polar surface area (TPSA) is 47.6 Å². The molecule has 0 bridgehead atoms. The second-order valence-electron chi connectivity index (χ2n) is 6.38. The van der Waals surface area contributed by atoms with Gasteiger partial charge in [-0.05, 0) is 38.2 Å². The summed E-state index contributed by atoms with van der Waals surface area (Å²) in [5.74, 6) is 1.08. The average Bonchev–Trinajstić information content (AvgIpc) is 2.59. The Labute approximate surface area is 160 Å². The number of rotatable bonds is 7. The lowest BCUT2D eigenvalue weighted by molar-refractivity contribution is -0.123. The number of hydrogen-bond acceptors (Lipinski definition) is 4. The van der Waals surface area contributed by atoms with Gasteiger partial charge in [0.2, 0.25) is 5.91 Å². The van der Waals surface area contributed by atoms with Crippen LogP contribution in [0.4, 0.5) is 0 Å². The first kappa shape index (κ1) is 20.0. The van der Waals surface area contributed by atoms with Crippen LogP contribution in [0.3, 0.4) is 0 Å². The van der Waals surface area contributed by atoms with Crippen LogP contribution in [0, 0.1) is 0 Å². The third-order valence-electron chi connectivity index (χ3n) is 3.87. The second-order valence-corrected chi connectivity index (χ2v) is 7.93. The quantitative estimate of drug-likeness (QED) is 0.427. The fourth-order valence-corrected chi connectivity index (χ4v) is 3.71. The first-order valence-corrected chi connectivity index (χ1v) is 10.2. The molecule has 0 spiro atoms. The summed E-state index contributed by atoms with van der Waals surface area (Å²) in [6.07, 6.45) is 0. The molecule has 5 nitrogen and oxygen atoms in total. The van der Waals surface area contributed by atoms with E-state index in [4.69, 9.17) is 12.2 Å². The highest BCUT2D eigenvalue weighted by Gasteiger charge is 2.20. The Morgan fingerprint density at radius 2 is 1.88 bits per heavy atom. The van der Waals surface area contributed by atoms with E-state index in [9.17, 15) is 4.79 Å². The lowest BCUT2D eigenvalue weighted by Gasteiger charge is -2.36. The monoisotopic (exact) mass is 380 g/mol. The standard InChI is InChI=1S/C18H28N4OS2/c1-15(2)20-17(23)14-21-9-11-22(12-10-21)18(24)19-8-13-25-16-6-4-3-5-7-16/h3-7,15H,8-14H2,1-2H3,(H,19,24)(H,20,23). The van der Waals surface area contributed by atoms with Crippen molar-refractivity contribution in [1.29, 1.82) is 0 Å². The number of carbonyl (C=O) groups excluding carboxylic acids is 1. The van der Waals surface area contributed by atoms with E-state index in [1.54, 1.807) is 0 Å². The zero-order valence-corrected chi connectivity index (χ0v) is 16.7. The average molecular weight is 381 g/mol. The molecule has 0 aliphatic carbocycles.